The first-order chi connectivity index (χ1) is 9.61. The molecule has 0 bridgehead atoms. The quantitative estimate of drug-likeness (QED) is 0.908. The van der Waals surface area contributed by atoms with Gasteiger partial charge >= 0.3 is 0 Å². The molecule has 1 N–H and O–H groups in total. The zero-order valence-corrected chi connectivity index (χ0v) is 11.7. The third-order valence-corrected chi connectivity index (χ3v) is 3.22. The monoisotopic (exact) mass is 273 g/mol. The predicted molar refractivity (Wildman–Crippen MR) is 76.1 cm³/mol. The Morgan fingerprint density at radius 3 is 2.85 bits per heavy atom. The van der Waals surface area contributed by atoms with Gasteiger partial charge in [0.25, 0.3) is 0 Å². The number of carbonyl (C=O) groups excluding carboxylic acids is 1. The highest BCUT2D eigenvalue weighted by Crippen LogP contribution is 2.17. The summed E-state index contributed by atoms with van der Waals surface area (Å²) >= 11 is 0. The Bertz CT molecular complexity index is 566. The van der Waals surface area contributed by atoms with Crippen LogP contribution < -0.4 is 0 Å². The maximum atomic E-state index is 12.5. The first-order valence-corrected chi connectivity index (χ1v) is 6.63. The summed E-state index contributed by atoms with van der Waals surface area (Å²) in [6, 6.07) is 8.46. The number of aromatic hydroxyl groups is 1. The summed E-state index contributed by atoms with van der Waals surface area (Å²) in [5, 5.41) is 13.6. The number of phenolic OH excluding ortho intramolecular Hbond substituents is 1. The third-order valence-electron chi connectivity index (χ3n) is 3.22. The van der Waals surface area contributed by atoms with Gasteiger partial charge in [-0.05, 0) is 30.2 Å². The number of hydrogen-bond acceptors (Lipinski definition) is 3. The summed E-state index contributed by atoms with van der Waals surface area (Å²) in [5.74, 6) is 0.224. The van der Waals surface area contributed by atoms with E-state index in [2.05, 4.69) is 5.10 Å². The van der Waals surface area contributed by atoms with Crippen LogP contribution in [0.4, 0.5) is 0 Å². The number of rotatable bonds is 5. The van der Waals surface area contributed by atoms with E-state index in [4.69, 9.17) is 0 Å². The van der Waals surface area contributed by atoms with Gasteiger partial charge in [-0.3, -0.25) is 9.48 Å². The van der Waals surface area contributed by atoms with Gasteiger partial charge in [-0.1, -0.05) is 19.1 Å². The summed E-state index contributed by atoms with van der Waals surface area (Å²) in [6.45, 7) is 2.43. The number of nitrogens with zero attached hydrogens (tertiary/aromatic N) is 3. The Morgan fingerprint density at radius 1 is 1.45 bits per heavy atom. The summed E-state index contributed by atoms with van der Waals surface area (Å²) in [4.78, 5) is 14.1. The molecule has 0 saturated heterocycles. The van der Waals surface area contributed by atoms with Crippen molar-refractivity contribution in [1.29, 1.82) is 0 Å². The minimum Gasteiger partial charge on any atom is -0.508 e. The Hall–Kier alpha value is -2.30. The largest absolute Gasteiger partial charge is 0.508 e. The van der Waals surface area contributed by atoms with Crippen molar-refractivity contribution < 1.29 is 9.90 Å². The van der Waals surface area contributed by atoms with E-state index < -0.39 is 0 Å². The fourth-order valence-corrected chi connectivity index (χ4v) is 2.20. The third kappa shape index (κ3) is 3.17. The molecule has 0 radical (unpaired) electrons. The van der Waals surface area contributed by atoms with Crippen LogP contribution in [0.15, 0.2) is 42.7 Å². The molecule has 5 nitrogen and oxygen atoms in total. The summed E-state index contributed by atoms with van der Waals surface area (Å²) in [7, 11) is 1.76. The van der Waals surface area contributed by atoms with Crippen LogP contribution in [-0.2, 0) is 11.3 Å². The Balaban J connectivity index is 2.08. The molecule has 106 valence electrons. The van der Waals surface area contributed by atoms with Crippen LogP contribution in [0.5, 0.6) is 5.75 Å². The van der Waals surface area contributed by atoms with Crippen LogP contribution in [0.3, 0.4) is 0 Å². The van der Waals surface area contributed by atoms with Crippen LogP contribution in [0.1, 0.15) is 24.9 Å². The topological polar surface area (TPSA) is 58.4 Å². The van der Waals surface area contributed by atoms with Crippen molar-refractivity contribution in [1.82, 2.24) is 14.7 Å². The van der Waals surface area contributed by atoms with E-state index in [-0.39, 0.29) is 17.7 Å². The number of phenols is 1. The summed E-state index contributed by atoms with van der Waals surface area (Å²) < 4.78 is 1.68. The van der Waals surface area contributed by atoms with Crippen molar-refractivity contribution in [2.75, 3.05) is 7.05 Å². The average molecular weight is 273 g/mol. The van der Waals surface area contributed by atoms with Crippen molar-refractivity contribution in [3.63, 3.8) is 0 Å². The second kappa shape index (κ2) is 6.23. The zero-order chi connectivity index (χ0) is 14.5. The standard InChI is InChI=1S/C15H19N3O2/c1-3-14(18-9-5-8-16-18)15(20)17(2)11-12-6-4-7-13(19)10-12/h4-10,14,19H,3,11H2,1-2H3/t14-/m0/s1. The molecule has 1 amide bonds. The minimum atomic E-state index is -0.285. The van der Waals surface area contributed by atoms with E-state index in [0.29, 0.717) is 13.0 Å². The predicted octanol–water partition coefficient (Wildman–Crippen LogP) is 2.20. The molecule has 1 aromatic carbocycles. The van der Waals surface area contributed by atoms with Crippen LogP contribution in [0.2, 0.25) is 0 Å². The van der Waals surface area contributed by atoms with Crippen molar-refractivity contribution in [3.05, 3.63) is 48.3 Å². The van der Waals surface area contributed by atoms with Gasteiger partial charge in [-0.2, -0.15) is 5.10 Å². The summed E-state index contributed by atoms with van der Waals surface area (Å²) in [6.07, 6.45) is 4.16. The molecule has 0 spiro atoms. The molecule has 1 atom stereocenters. The maximum Gasteiger partial charge on any atom is 0.247 e. The van der Waals surface area contributed by atoms with Gasteiger partial charge in [0.2, 0.25) is 5.91 Å². The lowest BCUT2D eigenvalue weighted by molar-refractivity contribution is -0.134. The van der Waals surface area contributed by atoms with Gasteiger partial charge in [0, 0.05) is 26.0 Å². The van der Waals surface area contributed by atoms with Gasteiger partial charge in [-0.25, -0.2) is 0 Å². The lowest BCUT2D eigenvalue weighted by Crippen LogP contribution is -2.34. The summed E-state index contributed by atoms with van der Waals surface area (Å²) in [5.41, 5.74) is 0.899. The van der Waals surface area contributed by atoms with E-state index in [1.807, 2.05) is 19.1 Å². The molecule has 5 heteroatoms. The first-order valence-electron chi connectivity index (χ1n) is 6.63. The molecule has 0 aliphatic carbocycles. The smallest absolute Gasteiger partial charge is 0.247 e. The normalized spacial score (nSPS) is 12.1. The molecule has 2 aromatic rings. The molecule has 0 aliphatic heterocycles. The van der Waals surface area contributed by atoms with Crippen LogP contribution in [-0.4, -0.2) is 32.7 Å². The zero-order valence-electron chi connectivity index (χ0n) is 11.7. The second-order valence-corrected chi connectivity index (χ2v) is 4.77. The second-order valence-electron chi connectivity index (χ2n) is 4.77. The Labute approximate surface area is 118 Å². The van der Waals surface area contributed by atoms with E-state index in [1.54, 1.807) is 47.2 Å². The Morgan fingerprint density at radius 2 is 2.25 bits per heavy atom. The van der Waals surface area contributed by atoms with Gasteiger partial charge in [-0.15, -0.1) is 0 Å². The van der Waals surface area contributed by atoms with E-state index in [0.717, 1.165) is 5.56 Å². The van der Waals surface area contributed by atoms with E-state index in [9.17, 15) is 9.90 Å². The molecular formula is C15H19N3O2. The lowest BCUT2D eigenvalue weighted by Gasteiger charge is -2.23. The van der Waals surface area contributed by atoms with Gasteiger partial charge in [0.15, 0.2) is 0 Å². The van der Waals surface area contributed by atoms with Gasteiger partial charge < -0.3 is 10.0 Å². The van der Waals surface area contributed by atoms with E-state index in [1.165, 1.54) is 0 Å². The molecule has 1 aromatic heterocycles. The molecule has 0 fully saturated rings. The molecule has 0 aliphatic rings. The number of amides is 1. The van der Waals surface area contributed by atoms with Crippen LogP contribution in [0.25, 0.3) is 0 Å². The highest BCUT2D eigenvalue weighted by Gasteiger charge is 2.22. The van der Waals surface area contributed by atoms with Crippen LogP contribution >= 0.6 is 0 Å². The molecule has 0 unspecified atom stereocenters. The minimum absolute atomic E-state index is 0.0135. The fourth-order valence-electron chi connectivity index (χ4n) is 2.20. The average Bonchev–Trinajstić information content (AvgIpc) is 2.93. The molecular weight excluding hydrogens is 254 g/mol. The molecule has 0 saturated carbocycles. The van der Waals surface area contributed by atoms with Crippen molar-refractivity contribution in [3.8, 4) is 5.75 Å². The molecule has 20 heavy (non-hydrogen) atoms. The highest BCUT2D eigenvalue weighted by atomic mass is 16.3. The Kier molecular flexibility index (Phi) is 4.40. The number of aromatic nitrogens is 2. The van der Waals surface area contributed by atoms with Crippen molar-refractivity contribution >= 4 is 5.91 Å². The molecule has 2 rings (SSSR count). The van der Waals surface area contributed by atoms with Crippen LogP contribution in [0, 0.1) is 0 Å². The van der Waals surface area contributed by atoms with Crippen molar-refractivity contribution in [2.45, 2.75) is 25.9 Å². The van der Waals surface area contributed by atoms with Gasteiger partial charge in [0.05, 0.1) is 0 Å². The first kappa shape index (κ1) is 14.1. The maximum absolute atomic E-state index is 12.5. The number of carbonyl (C=O) groups is 1. The van der Waals surface area contributed by atoms with E-state index >= 15 is 0 Å². The van der Waals surface area contributed by atoms with Gasteiger partial charge in [0.1, 0.15) is 11.8 Å². The SMILES string of the molecule is CC[C@@H](C(=O)N(C)Cc1cccc(O)c1)n1cccn1. The number of likely N-dealkylation sites (N-methyl/N-ethyl adjacent to an activating group) is 1. The highest BCUT2D eigenvalue weighted by molar-refractivity contribution is 5.80. The fraction of sp³-hybridized carbons (Fsp3) is 0.333. The lowest BCUT2D eigenvalue weighted by atomic mass is 10.1. The number of benzene rings is 1. The molecule has 1 heterocycles. The van der Waals surface area contributed by atoms with Crippen molar-refractivity contribution in [2.24, 2.45) is 0 Å². The number of hydrogen-bond donors (Lipinski definition) is 1.